The highest BCUT2D eigenvalue weighted by molar-refractivity contribution is 5.75. The number of imidazole rings is 1. The van der Waals surface area contributed by atoms with Gasteiger partial charge in [-0.25, -0.2) is 4.98 Å². The van der Waals surface area contributed by atoms with Crippen LogP contribution in [0.25, 0.3) is 11.0 Å². The van der Waals surface area contributed by atoms with E-state index in [4.69, 9.17) is 5.26 Å². The second-order valence-corrected chi connectivity index (χ2v) is 3.38. The van der Waals surface area contributed by atoms with Crippen LogP contribution >= 0.6 is 0 Å². The molecule has 0 saturated carbocycles. The van der Waals surface area contributed by atoms with Crippen molar-refractivity contribution in [1.82, 2.24) is 15.3 Å². The number of rotatable bonds is 3. The molecule has 4 heteroatoms. The monoisotopic (exact) mass is 200 g/mol. The Hall–Kier alpha value is -1.86. The largest absolute Gasteiger partial charge is 0.345 e. The molecule has 4 nitrogen and oxygen atoms in total. The summed E-state index contributed by atoms with van der Waals surface area (Å²) in [5, 5.41) is 11.8. The minimum absolute atomic E-state index is 0.0858. The standard InChI is InChI=1S/C11H12N4/c1-13-9(4-5-12)8-2-3-10-11(6-8)15-7-14-10/h2-3,6-7,9,13H,4H2,1H3,(H,14,15). The van der Waals surface area contributed by atoms with Gasteiger partial charge in [0.25, 0.3) is 0 Å². The summed E-state index contributed by atoms with van der Waals surface area (Å²) < 4.78 is 0. The first kappa shape index (κ1) is 9.69. The highest BCUT2D eigenvalue weighted by atomic mass is 14.9. The maximum atomic E-state index is 8.69. The molecule has 1 aromatic heterocycles. The summed E-state index contributed by atoms with van der Waals surface area (Å²) in [6.07, 6.45) is 2.14. The van der Waals surface area contributed by atoms with Crippen molar-refractivity contribution in [2.45, 2.75) is 12.5 Å². The number of hydrogen-bond donors (Lipinski definition) is 2. The SMILES string of the molecule is CNC(CC#N)c1ccc2nc[nH]c2c1. The Morgan fingerprint density at radius 1 is 1.60 bits per heavy atom. The Morgan fingerprint density at radius 2 is 2.47 bits per heavy atom. The smallest absolute Gasteiger partial charge is 0.0931 e. The van der Waals surface area contributed by atoms with Gasteiger partial charge in [0.05, 0.1) is 29.9 Å². The van der Waals surface area contributed by atoms with Crippen LogP contribution in [-0.4, -0.2) is 17.0 Å². The number of benzene rings is 1. The van der Waals surface area contributed by atoms with E-state index in [1.807, 2.05) is 25.2 Å². The van der Waals surface area contributed by atoms with E-state index in [1.54, 1.807) is 6.33 Å². The molecule has 0 fully saturated rings. The Labute approximate surface area is 87.9 Å². The molecule has 2 rings (SSSR count). The Morgan fingerprint density at radius 3 is 3.20 bits per heavy atom. The van der Waals surface area contributed by atoms with Crippen molar-refractivity contribution >= 4 is 11.0 Å². The van der Waals surface area contributed by atoms with E-state index in [2.05, 4.69) is 21.4 Å². The number of fused-ring (bicyclic) bond motifs is 1. The summed E-state index contributed by atoms with van der Waals surface area (Å²) in [6, 6.07) is 8.25. The first-order chi connectivity index (χ1) is 7.35. The average molecular weight is 200 g/mol. The average Bonchev–Trinajstić information content (AvgIpc) is 2.72. The van der Waals surface area contributed by atoms with Gasteiger partial charge in [-0.15, -0.1) is 0 Å². The summed E-state index contributed by atoms with van der Waals surface area (Å²) in [4.78, 5) is 7.21. The molecule has 0 aliphatic rings. The Balaban J connectivity index is 2.38. The summed E-state index contributed by atoms with van der Waals surface area (Å²) in [5.41, 5.74) is 3.06. The minimum atomic E-state index is 0.0858. The lowest BCUT2D eigenvalue weighted by Gasteiger charge is -2.12. The van der Waals surface area contributed by atoms with Gasteiger partial charge >= 0.3 is 0 Å². The van der Waals surface area contributed by atoms with Crippen molar-refractivity contribution in [1.29, 1.82) is 5.26 Å². The van der Waals surface area contributed by atoms with Gasteiger partial charge in [0.1, 0.15) is 0 Å². The normalized spacial score (nSPS) is 12.5. The van der Waals surface area contributed by atoms with E-state index in [-0.39, 0.29) is 6.04 Å². The third-order valence-electron chi connectivity index (χ3n) is 2.49. The van der Waals surface area contributed by atoms with Crippen LogP contribution in [0.1, 0.15) is 18.0 Å². The predicted molar refractivity (Wildman–Crippen MR) is 58.1 cm³/mol. The number of aromatic nitrogens is 2. The molecule has 1 unspecified atom stereocenters. The van der Waals surface area contributed by atoms with Crippen LogP contribution in [0.15, 0.2) is 24.5 Å². The van der Waals surface area contributed by atoms with Crippen molar-refractivity contribution in [2.75, 3.05) is 7.05 Å². The second-order valence-electron chi connectivity index (χ2n) is 3.38. The van der Waals surface area contributed by atoms with Crippen molar-refractivity contribution in [3.05, 3.63) is 30.1 Å². The molecule has 1 atom stereocenters. The third-order valence-corrected chi connectivity index (χ3v) is 2.49. The van der Waals surface area contributed by atoms with E-state index in [0.717, 1.165) is 16.6 Å². The fourth-order valence-electron chi connectivity index (χ4n) is 1.65. The van der Waals surface area contributed by atoms with Gasteiger partial charge in [0, 0.05) is 6.04 Å². The molecule has 15 heavy (non-hydrogen) atoms. The van der Waals surface area contributed by atoms with Crippen LogP contribution in [0, 0.1) is 11.3 Å². The van der Waals surface area contributed by atoms with Gasteiger partial charge in [-0.2, -0.15) is 5.26 Å². The second kappa shape index (κ2) is 4.11. The van der Waals surface area contributed by atoms with E-state index in [0.29, 0.717) is 6.42 Å². The van der Waals surface area contributed by atoms with Crippen molar-refractivity contribution < 1.29 is 0 Å². The quantitative estimate of drug-likeness (QED) is 0.793. The van der Waals surface area contributed by atoms with Crippen molar-refractivity contribution in [3.63, 3.8) is 0 Å². The van der Waals surface area contributed by atoms with Crippen LogP contribution in [0.3, 0.4) is 0 Å². The fourth-order valence-corrected chi connectivity index (χ4v) is 1.65. The molecule has 2 N–H and O–H groups in total. The number of aromatic amines is 1. The summed E-state index contributed by atoms with van der Waals surface area (Å²) in [5.74, 6) is 0. The lowest BCUT2D eigenvalue weighted by Crippen LogP contribution is -2.15. The van der Waals surface area contributed by atoms with Gasteiger partial charge in [0.2, 0.25) is 0 Å². The molecular weight excluding hydrogens is 188 g/mol. The van der Waals surface area contributed by atoms with E-state index >= 15 is 0 Å². The van der Waals surface area contributed by atoms with E-state index in [9.17, 15) is 0 Å². The molecule has 0 spiro atoms. The van der Waals surface area contributed by atoms with Gasteiger partial charge in [0.15, 0.2) is 0 Å². The zero-order chi connectivity index (χ0) is 10.7. The van der Waals surface area contributed by atoms with Crippen molar-refractivity contribution in [3.8, 4) is 6.07 Å². The molecule has 0 radical (unpaired) electrons. The highest BCUT2D eigenvalue weighted by Crippen LogP contribution is 2.19. The number of hydrogen-bond acceptors (Lipinski definition) is 3. The van der Waals surface area contributed by atoms with Gasteiger partial charge in [-0.1, -0.05) is 6.07 Å². The van der Waals surface area contributed by atoms with Gasteiger partial charge in [-0.05, 0) is 24.7 Å². The molecule has 0 bridgehead atoms. The van der Waals surface area contributed by atoms with E-state index in [1.165, 1.54) is 0 Å². The Bertz CT molecular complexity index is 495. The lowest BCUT2D eigenvalue weighted by molar-refractivity contribution is 0.609. The molecule has 1 heterocycles. The molecule has 2 aromatic rings. The fraction of sp³-hybridized carbons (Fsp3) is 0.273. The van der Waals surface area contributed by atoms with Gasteiger partial charge < -0.3 is 10.3 Å². The molecule has 0 aliphatic heterocycles. The van der Waals surface area contributed by atoms with Crippen LogP contribution in [0.4, 0.5) is 0 Å². The molecule has 1 aromatic carbocycles. The first-order valence-electron chi connectivity index (χ1n) is 4.82. The maximum absolute atomic E-state index is 8.69. The van der Waals surface area contributed by atoms with E-state index < -0.39 is 0 Å². The predicted octanol–water partition coefficient (Wildman–Crippen LogP) is 1.74. The van der Waals surface area contributed by atoms with Crippen molar-refractivity contribution in [2.24, 2.45) is 0 Å². The number of nitriles is 1. The topological polar surface area (TPSA) is 64.5 Å². The zero-order valence-corrected chi connectivity index (χ0v) is 8.49. The highest BCUT2D eigenvalue weighted by Gasteiger charge is 2.09. The summed E-state index contributed by atoms with van der Waals surface area (Å²) in [6.45, 7) is 0. The van der Waals surface area contributed by atoms with Crippen LogP contribution < -0.4 is 5.32 Å². The number of H-pyrrole nitrogens is 1. The third kappa shape index (κ3) is 1.83. The zero-order valence-electron chi connectivity index (χ0n) is 8.49. The number of nitrogens with one attached hydrogen (secondary N) is 2. The molecule has 0 amide bonds. The summed E-state index contributed by atoms with van der Waals surface area (Å²) in [7, 11) is 1.86. The summed E-state index contributed by atoms with van der Waals surface area (Å²) >= 11 is 0. The van der Waals surface area contributed by atoms with Crippen LogP contribution in [0.2, 0.25) is 0 Å². The maximum Gasteiger partial charge on any atom is 0.0931 e. The number of nitrogens with zero attached hydrogens (tertiary/aromatic N) is 2. The molecule has 76 valence electrons. The molecule has 0 aliphatic carbocycles. The Kier molecular flexibility index (Phi) is 2.66. The molecule has 0 saturated heterocycles. The van der Waals surface area contributed by atoms with Crippen LogP contribution in [0.5, 0.6) is 0 Å². The first-order valence-corrected chi connectivity index (χ1v) is 4.82. The van der Waals surface area contributed by atoms with Crippen LogP contribution in [-0.2, 0) is 0 Å². The molecular formula is C11H12N4. The van der Waals surface area contributed by atoms with Gasteiger partial charge in [-0.3, -0.25) is 0 Å². The lowest BCUT2D eigenvalue weighted by atomic mass is 10.0. The minimum Gasteiger partial charge on any atom is -0.345 e.